The Bertz CT molecular complexity index is 243. The largest absolute Gasteiger partial charge is 0.381 e. The minimum absolute atomic E-state index is 0.527. The van der Waals surface area contributed by atoms with Crippen molar-refractivity contribution >= 4 is 0 Å². The van der Waals surface area contributed by atoms with Crippen molar-refractivity contribution in [2.75, 3.05) is 26.7 Å². The zero-order chi connectivity index (χ0) is 11.7. The average molecular weight is 238 g/mol. The molecule has 4 fully saturated rings. The predicted octanol–water partition coefficient (Wildman–Crippen LogP) is 1.63. The fourth-order valence-corrected chi connectivity index (χ4v) is 3.92. The first kappa shape index (κ1) is 11.9. The molecular formula is C14H26N2O. The first-order valence-corrected chi connectivity index (χ1v) is 7.36. The number of ether oxygens (including phenoxy) is 1. The van der Waals surface area contributed by atoms with Crippen LogP contribution in [0.15, 0.2) is 0 Å². The molecule has 17 heavy (non-hydrogen) atoms. The highest BCUT2D eigenvalue weighted by molar-refractivity contribution is 4.93. The van der Waals surface area contributed by atoms with E-state index >= 15 is 0 Å². The lowest BCUT2D eigenvalue weighted by atomic mass is 9.82. The maximum Gasteiger partial charge on any atom is 0.0572 e. The van der Waals surface area contributed by atoms with Crippen LogP contribution >= 0.6 is 0 Å². The van der Waals surface area contributed by atoms with E-state index in [2.05, 4.69) is 10.2 Å². The van der Waals surface area contributed by atoms with Crippen molar-refractivity contribution in [1.29, 1.82) is 0 Å². The van der Waals surface area contributed by atoms with E-state index < -0.39 is 0 Å². The van der Waals surface area contributed by atoms with Crippen molar-refractivity contribution in [2.24, 2.45) is 5.92 Å². The van der Waals surface area contributed by atoms with Crippen LogP contribution in [-0.4, -0.2) is 49.8 Å². The third kappa shape index (κ3) is 2.67. The third-order valence-corrected chi connectivity index (χ3v) is 5.11. The van der Waals surface area contributed by atoms with Gasteiger partial charge in [-0.15, -0.1) is 0 Å². The van der Waals surface area contributed by atoms with Crippen molar-refractivity contribution in [3.63, 3.8) is 0 Å². The van der Waals surface area contributed by atoms with Crippen LogP contribution in [0, 0.1) is 5.92 Å². The smallest absolute Gasteiger partial charge is 0.0572 e. The lowest BCUT2D eigenvalue weighted by molar-refractivity contribution is 0.0414. The Hall–Kier alpha value is -0.120. The zero-order valence-electron chi connectivity index (χ0n) is 11.0. The number of nitrogens with zero attached hydrogens (tertiary/aromatic N) is 1. The van der Waals surface area contributed by atoms with Crippen molar-refractivity contribution in [3.8, 4) is 0 Å². The second-order valence-electron chi connectivity index (χ2n) is 6.12. The summed E-state index contributed by atoms with van der Waals surface area (Å²) in [5.41, 5.74) is 0. The van der Waals surface area contributed by atoms with Crippen molar-refractivity contribution < 1.29 is 4.74 Å². The molecule has 0 aromatic carbocycles. The van der Waals surface area contributed by atoms with Crippen molar-refractivity contribution in [2.45, 2.75) is 56.7 Å². The van der Waals surface area contributed by atoms with Gasteiger partial charge in [0.05, 0.1) is 6.10 Å². The number of hydrogen-bond donors (Lipinski definition) is 1. The van der Waals surface area contributed by atoms with Gasteiger partial charge in [0.25, 0.3) is 0 Å². The van der Waals surface area contributed by atoms with E-state index in [4.69, 9.17) is 4.74 Å². The molecule has 98 valence electrons. The standard InChI is InChI=1S/C14H26N2O/c1-17-13-4-2-12(3-5-13)15-14-10-16-8-6-11(14)7-9-16/h11-15H,2-10H2,1H3. The molecule has 3 heteroatoms. The van der Waals surface area contributed by atoms with Crippen LogP contribution in [0.3, 0.4) is 0 Å². The number of hydrogen-bond acceptors (Lipinski definition) is 3. The SMILES string of the molecule is COC1CCC(NC2CN3CCC2CC3)CC1. The molecule has 1 aliphatic carbocycles. The number of rotatable bonds is 3. The van der Waals surface area contributed by atoms with Crippen LogP contribution in [0.25, 0.3) is 0 Å². The second-order valence-corrected chi connectivity index (χ2v) is 6.12. The van der Waals surface area contributed by atoms with Gasteiger partial charge in [0.15, 0.2) is 0 Å². The van der Waals surface area contributed by atoms with Gasteiger partial charge >= 0.3 is 0 Å². The average Bonchev–Trinajstić information content (AvgIpc) is 2.41. The molecule has 0 amide bonds. The van der Waals surface area contributed by atoms with Crippen LogP contribution in [-0.2, 0) is 4.74 Å². The highest BCUT2D eigenvalue weighted by Crippen LogP contribution is 2.29. The Morgan fingerprint density at radius 1 is 1.00 bits per heavy atom. The minimum atomic E-state index is 0.527. The molecule has 0 aromatic heterocycles. The number of fused-ring (bicyclic) bond motifs is 3. The second kappa shape index (κ2) is 5.25. The quantitative estimate of drug-likeness (QED) is 0.809. The molecule has 2 bridgehead atoms. The van der Waals surface area contributed by atoms with Gasteiger partial charge in [-0.2, -0.15) is 0 Å². The normalized spacial score (nSPS) is 46.1. The Morgan fingerprint density at radius 3 is 2.24 bits per heavy atom. The molecule has 1 N–H and O–H groups in total. The summed E-state index contributed by atoms with van der Waals surface area (Å²) < 4.78 is 5.44. The van der Waals surface area contributed by atoms with Crippen LogP contribution in [0.2, 0.25) is 0 Å². The van der Waals surface area contributed by atoms with Crippen molar-refractivity contribution in [3.05, 3.63) is 0 Å². The van der Waals surface area contributed by atoms with Crippen molar-refractivity contribution in [1.82, 2.24) is 10.2 Å². The summed E-state index contributed by atoms with van der Waals surface area (Å²) in [6.45, 7) is 3.99. The summed E-state index contributed by atoms with van der Waals surface area (Å²) in [4.78, 5) is 2.64. The summed E-state index contributed by atoms with van der Waals surface area (Å²) in [7, 11) is 1.85. The summed E-state index contributed by atoms with van der Waals surface area (Å²) in [6, 6.07) is 1.54. The summed E-state index contributed by atoms with van der Waals surface area (Å²) in [5.74, 6) is 0.958. The van der Waals surface area contributed by atoms with Crippen LogP contribution in [0.4, 0.5) is 0 Å². The highest BCUT2D eigenvalue weighted by atomic mass is 16.5. The molecule has 0 radical (unpaired) electrons. The first-order valence-electron chi connectivity index (χ1n) is 7.36. The van der Waals surface area contributed by atoms with E-state index in [0.717, 1.165) is 18.0 Å². The molecule has 3 heterocycles. The van der Waals surface area contributed by atoms with E-state index in [1.54, 1.807) is 0 Å². The number of methoxy groups -OCH3 is 1. The Balaban J connectivity index is 1.48. The molecule has 1 unspecified atom stereocenters. The monoisotopic (exact) mass is 238 g/mol. The predicted molar refractivity (Wildman–Crippen MR) is 69.1 cm³/mol. The van der Waals surface area contributed by atoms with Gasteiger partial charge in [-0.1, -0.05) is 0 Å². The van der Waals surface area contributed by atoms with E-state index in [0.29, 0.717) is 6.10 Å². The molecule has 0 spiro atoms. The molecule has 1 atom stereocenters. The lowest BCUT2D eigenvalue weighted by Gasteiger charge is -2.46. The van der Waals surface area contributed by atoms with E-state index in [-0.39, 0.29) is 0 Å². The maximum atomic E-state index is 5.44. The van der Waals surface area contributed by atoms with Gasteiger partial charge in [-0.3, -0.25) is 0 Å². The fraction of sp³-hybridized carbons (Fsp3) is 1.00. The number of nitrogens with one attached hydrogen (secondary N) is 1. The molecule has 3 nitrogen and oxygen atoms in total. The Labute approximate surface area is 105 Å². The van der Waals surface area contributed by atoms with Gasteiger partial charge in [0.2, 0.25) is 0 Å². The van der Waals surface area contributed by atoms with Gasteiger partial charge in [0, 0.05) is 25.7 Å². The van der Waals surface area contributed by atoms with Gasteiger partial charge < -0.3 is 15.0 Å². The Morgan fingerprint density at radius 2 is 1.71 bits per heavy atom. The maximum absolute atomic E-state index is 5.44. The Kier molecular flexibility index (Phi) is 3.69. The molecule has 3 saturated heterocycles. The van der Waals surface area contributed by atoms with Crippen LogP contribution in [0.1, 0.15) is 38.5 Å². The van der Waals surface area contributed by atoms with Gasteiger partial charge in [-0.25, -0.2) is 0 Å². The molecule has 3 aliphatic heterocycles. The minimum Gasteiger partial charge on any atom is -0.381 e. The lowest BCUT2D eigenvalue weighted by Crippen LogP contribution is -2.58. The summed E-state index contributed by atoms with van der Waals surface area (Å²) >= 11 is 0. The molecule has 0 aromatic rings. The molecule has 4 rings (SSSR count). The highest BCUT2D eigenvalue weighted by Gasteiger charge is 2.35. The summed E-state index contributed by atoms with van der Waals surface area (Å²) in [6.07, 6.45) is 8.48. The first-order chi connectivity index (χ1) is 8.35. The summed E-state index contributed by atoms with van der Waals surface area (Å²) in [5, 5.41) is 3.94. The van der Waals surface area contributed by atoms with E-state index in [1.807, 2.05) is 7.11 Å². The number of piperidine rings is 3. The fourth-order valence-electron chi connectivity index (χ4n) is 3.92. The molecule has 1 saturated carbocycles. The molecular weight excluding hydrogens is 212 g/mol. The molecule has 4 aliphatic rings. The van der Waals surface area contributed by atoms with E-state index in [9.17, 15) is 0 Å². The van der Waals surface area contributed by atoms with Gasteiger partial charge in [0.1, 0.15) is 0 Å². The van der Waals surface area contributed by atoms with Crippen LogP contribution < -0.4 is 5.32 Å². The third-order valence-electron chi connectivity index (χ3n) is 5.11. The van der Waals surface area contributed by atoms with Crippen LogP contribution in [0.5, 0.6) is 0 Å². The zero-order valence-corrected chi connectivity index (χ0v) is 11.0. The topological polar surface area (TPSA) is 24.5 Å². The van der Waals surface area contributed by atoms with Gasteiger partial charge in [-0.05, 0) is 57.5 Å². The van der Waals surface area contributed by atoms with E-state index in [1.165, 1.54) is 58.2 Å².